The van der Waals surface area contributed by atoms with Crippen LogP contribution in [-0.2, 0) is 4.79 Å². The monoisotopic (exact) mass is 489 g/mol. The maximum Gasteiger partial charge on any atom is 0.238 e. The van der Waals surface area contributed by atoms with Crippen LogP contribution < -0.4 is 14.4 Å². The molecule has 4 nitrogen and oxygen atoms in total. The normalized spacial score (nSPS) is 17.0. The number of rotatable bonds is 5. The number of methoxy groups -OCH3 is 1. The molecule has 1 amide bonds. The van der Waals surface area contributed by atoms with Gasteiger partial charge in [0.25, 0.3) is 0 Å². The van der Waals surface area contributed by atoms with Crippen LogP contribution in [0.2, 0.25) is 5.02 Å². The third-order valence-corrected chi connectivity index (χ3v) is 6.06. The molecule has 0 aliphatic carbocycles. The summed E-state index contributed by atoms with van der Waals surface area (Å²) < 4.78 is 12.1. The summed E-state index contributed by atoms with van der Waals surface area (Å²) in [7, 11) is 1.63. The summed E-state index contributed by atoms with van der Waals surface area (Å²) in [6, 6.07) is 11.3. The molecule has 132 valence electrons. The van der Waals surface area contributed by atoms with Crippen LogP contribution in [0.1, 0.15) is 17.9 Å². The van der Waals surface area contributed by atoms with E-state index in [1.54, 1.807) is 31.0 Å². The molecule has 2 aromatic carbocycles. The van der Waals surface area contributed by atoms with Crippen LogP contribution in [0.4, 0.5) is 5.69 Å². The SMILES string of the molecule is CCOc1cc([C@H]2SCC(=O)N2c2ccc(Cl)cc2)cc(I)c1OC. The summed E-state index contributed by atoms with van der Waals surface area (Å²) in [5.41, 5.74) is 1.85. The number of hydrogen-bond donors (Lipinski definition) is 0. The summed E-state index contributed by atoms with van der Waals surface area (Å²) in [5.74, 6) is 1.95. The highest BCUT2D eigenvalue weighted by molar-refractivity contribution is 14.1. The fourth-order valence-electron chi connectivity index (χ4n) is 2.74. The number of thioether (sulfide) groups is 1. The highest BCUT2D eigenvalue weighted by Gasteiger charge is 2.35. The second-order valence-corrected chi connectivity index (χ2v) is 8.04. The smallest absolute Gasteiger partial charge is 0.238 e. The molecule has 2 aromatic rings. The molecule has 0 saturated carbocycles. The molecule has 1 atom stereocenters. The summed E-state index contributed by atoms with van der Waals surface area (Å²) in [5, 5.41) is 0.546. The van der Waals surface area contributed by atoms with Gasteiger partial charge in [-0.15, -0.1) is 11.8 Å². The van der Waals surface area contributed by atoms with Crippen LogP contribution in [0.5, 0.6) is 11.5 Å². The van der Waals surface area contributed by atoms with E-state index < -0.39 is 0 Å². The minimum atomic E-state index is -0.104. The molecule has 0 bridgehead atoms. The van der Waals surface area contributed by atoms with Crippen LogP contribution in [0.15, 0.2) is 36.4 Å². The summed E-state index contributed by atoms with van der Waals surface area (Å²) in [4.78, 5) is 14.3. The summed E-state index contributed by atoms with van der Waals surface area (Å²) in [6.07, 6.45) is 0. The summed E-state index contributed by atoms with van der Waals surface area (Å²) >= 11 is 9.82. The number of carbonyl (C=O) groups is 1. The van der Waals surface area contributed by atoms with Crippen LogP contribution in [0.3, 0.4) is 0 Å². The summed E-state index contributed by atoms with van der Waals surface area (Å²) in [6.45, 7) is 2.49. The highest BCUT2D eigenvalue weighted by Crippen LogP contribution is 2.45. The Morgan fingerprint density at radius 1 is 1.32 bits per heavy atom. The van der Waals surface area contributed by atoms with Crippen LogP contribution in [0, 0.1) is 3.57 Å². The van der Waals surface area contributed by atoms with Gasteiger partial charge in [-0.2, -0.15) is 0 Å². The first-order valence-corrected chi connectivity index (χ1v) is 10.2. The van der Waals surface area contributed by atoms with Gasteiger partial charge in [-0.05, 0) is 71.5 Å². The lowest BCUT2D eigenvalue weighted by atomic mass is 10.1. The number of amides is 1. The van der Waals surface area contributed by atoms with Crippen molar-refractivity contribution in [3.05, 3.63) is 50.6 Å². The van der Waals surface area contributed by atoms with Gasteiger partial charge in [-0.3, -0.25) is 9.69 Å². The lowest BCUT2D eigenvalue weighted by Crippen LogP contribution is -2.27. The molecule has 1 aliphatic heterocycles. The van der Waals surface area contributed by atoms with Gasteiger partial charge in [0.15, 0.2) is 11.5 Å². The van der Waals surface area contributed by atoms with Crippen molar-refractivity contribution in [2.75, 3.05) is 24.4 Å². The maximum atomic E-state index is 12.5. The molecule has 0 unspecified atom stereocenters. The minimum Gasteiger partial charge on any atom is -0.492 e. The Hall–Kier alpha value is -1.12. The topological polar surface area (TPSA) is 38.8 Å². The molecular weight excluding hydrogens is 473 g/mol. The first-order valence-electron chi connectivity index (χ1n) is 7.74. The standard InChI is InChI=1S/C18H17ClINO3S/c1-3-24-15-9-11(8-14(20)17(15)23-2)18-21(16(22)10-25-18)13-6-4-12(19)5-7-13/h4-9,18H,3,10H2,1-2H3/t18-/m1/s1. The molecule has 7 heteroatoms. The zero-order valence-electron chi connectivity index (χ0n) is 13.8. The second kappa shape index (κ2) is 8.05. The van der Waals surface area contributed by atoms with Crippen molar-refractivity contribution >= 4 is 57.5 Å². The van der Waals surface area contributed by atoms with E-state index in [-0.39, 0.29) is 11.3 Å². The maximum absolute atomic E-state index is 12.5. The van der Waals surface area contributed by atoms with Crippen molar-refractivity contribution < 1.29 is 14.3 Å². The van der Waals surface area contributed by atoms with Gasteiger partial charge >= 0.3 is 0 Å². The molecule has 25 heavy (non-hydrogen) atoms. The van der Waals surface area contributed by atoms with Gasteiger partial charge in [-0.25, -0.2) is 0 Å². The third-order valence-electron chi connectivity index (χ3n) is 3.79. The van der Waals surface area contributed by atoms with Gasteiger partial charge in [0.05, 0.1) is 23.0 Å². The number of anilines is 1. The quantitative estimate of drug-likeness (QED) is 0.546. The molecule has 0 radical (unpaired) electrons. The number of ether oxygens (including phenoxy) is 2. The lowest BCUT2D eigenvalue weighted by molar-refractivity contribution is -0.115. The predicted molar refractivity (Wildman–Crippen MR) is 111 cm³/mol. The number of hydrogen-bond acceptors (Lipinski definition) is 4. The van der Waals surface area contributed by atoms with Crippen LogP contribution >= 0.6 is 46.0 Å². The molecule has 1 aliphatic rings. The van der Waals surface area contributed by atoms with E-state index in [1.165, 1.54) is 0 Å². The van der Waals surface area contributed by atoms with Gasteiger partial charge < -0.3 is 9.47 Å². The lowest BCUT2D eigenvalue weighted by Gasteiger charge is -2.25. The van der Waals surface area contributed by atoms with Crippen molar-refractivity contribution in [3.63, 3.8) is 0 Å². The average molecular weight is 490 g/mol. The Balaban J connectivity index is 2.02. The van der Waals surface area contributed by atoms with Gasteiger partial charge in [0.1, 0.15) is 5.37 Å². The van der Waals surface area contributed by atoms with Crippen molar-refractivity contribution in [1.82, 2.24) is 0 Å². The Bertz CT molecular complexity index is 785. The molecular formula is C18H17ClINO3S. The number of benzene rings is 2. The van der Waals surface area contributed by atoms with Gasteiger partial charge in [-0.1, -0.05) is 11.6 Å². The second-order valence-electron chi connectivity index (χ2n) is 5.37. The first-order chi connectivity index (χ1) is 12.0. The van der Waals surface area contributed by atoms with E-state index in [0.29, 0.717) is 23.1 Å². The molecule has 0 spiro atoms. The van der Waals surface area contributed by atoms with E-state index in [1.807, 2.05) is 36.1 Å². The van der Waals surface area contributed by atoms with Gasteiger partial charge in [0.2, 0.25) is 5.91 Å². The van der Waals surface area contributed by atoms with Crippen molar-refractivity contribution in [1.29, 1.82) is 0 Å². The fourth-order valence-corrected chi connectivity index (χ4v) is 4.87. The van der Waals surface area contributed by atoms with E-state index in [9.17, 15) is 4.79 Å². The van der Waals surface area contributed by atoms with E-state index in [2.05, 4.69) is 22.6 Å². The molecule has 1 fully saturated rings. The first kappa shape index (κ1) is 18.7. The zero-order valence-corrected chi connectivity index (χ0v) is 17.5. The zero-order chi connectivity index (χ0) is 18.0. The number of carbonyl (C=O) groups excluding carboxylic acids is 1. The Morgan fingerprint density at radius 3 is 2.68 bits per heavy atom. The van der Waals surface area contributed by atoms with E-state index >= 15 is 0 Å². The van der Waals surface area contributed by atoms with E-state index in [0.717, 1.165) is 20.6 Å². The van der Waals surface area contributed by atoms with Crippen molar-refractivity contribution in [2.24, 2.45) is 0 Å². The Labute approximate surface area is 170 Å². The Kier molecular flexibility index (Phi) is 6.01. The van der Waals surface area contributed by atoms with Crippen molar-refractivity contribution in [2.45, 2.75) is 12.3 Å². The third kappa shape index (κ3) is 3.85. The molecule has 1 saturated heterocycles. The molecule has 0 aromatic heterocycles. The van der Waals surface area contributed by atoms with Gasteiger partial charge in [0, 0.05) is 10.7 Å². The van der Waals surface area contributed by atoms with E-state index in [4.69, 9.17) is 21.1 Å². The fraction of sp³-hybridized carbons (Fsp3) is 0.278. The molecule has 0 N–H and O–H groups in total. The largest absolute Gasteiger partial charge is 0.492 e. The molecule has 1 heterocycles. The number of halogens is 2. The average Bonchev–Trinajstić information content (AvgIpc) is 2.97. The van der Waals surface area contributed by atoms with Crippen LogP contribution in [-0.4, -0.2) is 25.4 Å². The van der Waals surface area contributed by atoms with Crippen molar-refractivity contribution in [3.8, 4) is 11.5 Å². The number of nitrogens with zero attached hydrogens (tertiary/aromatic N) is 1. The minimum absolute atomic E-state index is 0.0844. The highest BCUT2D eigenvalue weighted by atomic mass is 127. The predicted octanol–water partition coefficient (Wildman–Crippen LogP) is 5.13. The van der Waals surface area contributed by atoms with Crippen LogP contribution in [0.25, 0.3) is 0 Å². The Morgan fingerprint density at radius 2 is 2.04 bits per heavy atom. The molecule has 3 rings (SSSR count).